The lowest BCUT2D eigenvalue weighted by molar-refractivity contribution is -0.401. The third kappa shape index (κ3) is 1.83. The van der Waals surface area contributed by atoms with Crippen LogP contribution in [-0.4, -0.2) is 14.5 Å². The minimum absolute atomic E-state index is 0.287. The highest BCUT2D eigenvalue weighted by Gasteiger charge is 2.18. The van der Waals surface area contributed by atoms with E-state index in [1.54, 1.807) is 6.07 Å². The van der Waals surface area contributed by atoms with Crippen molar-refractivity contribution < 1.29 is 13.7 Å². The van der Waals surface area contributed by atoms with Gasteiger partial charge in [-0.05, 0) is 25.1 Å². The highest BCUT2D eigenvalue weighted by Crippen LogP contribution is 2.29. The molecule has 0 spiro atoms. The smallest absolute Gasteiger partial charge is 0.397 e. The fraction of sp³-hybridized carbons (Fsp3) is 0.154. The van der Waals surface area contributed by atoms with E-state index in [1.807, 2.05) is 11.5 Å². The summed E-state index contributed by atoms with van der Waals surface area (Å²) in [5, 5.41) is 10.7. The molecule has 0 amide bonds. The maximum atomic E-state index is 13.2. The van der Waals surface area contributed by atoms with Crippen molar-refractivity contribution in [3.05, 3.63) is 46.3 Å². The second kappa shape index (κ2) is 4.44. The first-order valence-corrected chi connectivity index (χ1v) is 6.00. The molecule has 6 nitrogen and oxygen atoms in total. The number of aryl methyl sites for hydroxylation is 1. The number of imidazole rings is 1. The van der Waals surface area contributed by atoms with Crippen LogP contribution in [0.5, 0.6) is 0 Å². The number of furan rings is 1. The largest absolute Gasteiger partial charge is 0.433 e. The summed E-state index contributed by atoms with van der Waals surface area (Å²) in [5.41, 5.74) is 1.24. The van der Waals surface area contributed by atoms with E-state index in [2.05, 4.69) is 4.98 Å². The van der Waals surface area contributed by atoms with Gasteiger partial charge in [-0.2, -0.15) is 0 Å². The molecule has 0 aliphatic heterocycles. The van der Waals surface area contributed by atoms with Crippen LogP contribution < -0.4 is 0 Å². The molecule has 2 heterocycles. The molecule has 0 radical (unpaired) electrons. The van der Waals surface area contributed by atoms with E-state index in [4.69, 9.17) is 4.42 Å². The van der Waals surface area contributed by atoms with Crippen LogP contribution in [0.25, 0.3) is 22.6 Å². The van der Waals surface area contributed by atoms with Gasteiger partial charge in [0.1, 0.15) is 10.7 Å². The van der Waals surface area contributed by atoms with Gasteiger partial charge in [-0.25, -0.2) is 9.37 Å². The Hall–Kier alpha value is -2.70. The molecule has 3 rings (SSSR count). The second-order valence-electron chi connectivity index (χ2n) is 4.21. The molecule has 0 saturated heterocycles. The van der Waals surface area contributed by atoms with Crippen molar-refractivity contribution in [3.63, 3.8) is 0 Å². The first-order valence-electron chi connectivity index (χ1n) is 6.00. The molecule has 7 heteroatoms. The molecule has 2 aromatic heterocycles. The Labute approximate surface area is 112 Å². The van der Waals surface area contributed by atoms with Gasteiger partial charge in [0.2, 0.25) is 0 Å². The fourth-order valence-electron chi connectivity index (χ4n) is 2.16. The van der Waals surface area contributed by atoms with Crippen LogP contribution in [0, 0.1) is 15.9 Å². The number of hydrogen-bond acceptors (Lipinski definition) is 4. The van der Waals surface area contributed by atoms with Crippen molar-refractivity contribution in [3.8, 4) is 11.6 Å². The Morgan fingerprint density at radius 2 is 2.20 bits per heavy atom. The molecule has 0 N–H and O–H groups in total. The standard InChI is InChI=1S/C13H10FN3O3/c1-2-16-10-4-3-8(14)7-9(10)15-13(16)11-5-6-12(20-11)17(18)19/h3-7H,2H2,1H3. The minimum Gasteiger partial charge on any atom is -0.397 e. The maximum absolute atomic E-state index is 13.2. The number of fused-ring (bicyclic) bond motifs is 1. The zero-order chi connectivity index (χ0) is 14.3. The van der Waals surface area contributed by atoms with E-state index in [0.717, 1.165) is 5.52 Å². The van der Waals surface area contributed by atoms with Crippen molar-refractivity contribution in [2.24, 2.45) is 0 Å². The van der Waals surface area contributed by atoms with E-state index >= 15 is 0 Å². The molecule has 0 bridgehead atoms. The number of rotatable bonds is 3. The lowest BCUT2D eigenvalue weighted by Gasteiger charge is -2.02. The Morgan fingerprint density at radius 3 is 2.85 bits per heavy atom. The van der Waals surface area contributed by atoms with Crippen LogP contribution in [0.1, 0.15) is 6.92 Å². The summed E-state index contributed by atoms with van der Waals surface area (Å²) in [5.74, 6) is 0.00692. The highest BCUT2D eigenvalue weighted by atomic mass is 19.1. The lowest BCUT2D eigenvalue weighted by Crippen LogP contribution is -1.96. The summed E-state index contributed by atoms with van der Waals surface area (Å²) in [7, 11) is 0. The van der Waals surface area contributed by atoms with Crippen LogP contribution in [0.3, 0.4) is 0 Å². The first kappa shape index (κ1) is 12.3. The highest BCUT2D eigenvalue weighted by molar-refractivity contribution is 5.80. The van der Waals surface area contributed by atoms with Gasteiger partial charge in [0.25, 0.3) is 0 Å². The van der Waals surface area contributed by atoms with Gasteiger partial charge < -0.3 is 8.98 Å². The summed E-state index contributed by atoms with van der Waals surface area (Å²) >= 11 is 0. The van der Waals surface area contributed by atoms with Crippen molar-refractivity contribution in [2.75, 3.05) is 0 Å². The van der Waals surface area contributed by atoms with Gasteiger partial charge in [-0.15, -0.1) is 0 Å². The number of halogens is 1. The Kier molecular flexibility index (Phi) is 2.74. The zero-order valence-corrected chi connectivity index (χ0v) is 10.5. The molecule has 0 saturated carbocycles. The van der Waals surface area contributed by atoms with Crippen LogP contribution in [0.2, 0.25) is 0 Å². The molecule has 0 unspecified atom stereocenters. The predicted octanol–water partition coefficient (Wildman–Crippen LogP) is 3.36. The van der Waals surface area contributed by atoms with E-state index < -0.39 is 4.92 Å². The molecule has 0 fully saturated rings. The fourth-order valence-corrected chi connectivity index (χ4v) is 2.16. The number of aromatic nitrogens is 2. The summed E-state index contributed by atoms with van der Waals surface area (Å²) in [6, 6.07) is 7.06. The molecule has 0 aliphatic carbocycles. The Bertz CT molecular complexity index is 806. The van der Waals surface area contributed by atoms with Gasteiger partial charge in [0.05, 0.1) is 17.1 Å². The molecule has 1 aromatic carbocycles. The average molecular weight is 275 g/mol. The van der Waals surface area contributed by atoms with Gasteiger partial charge in [-0.1, -0.05) is 0 Å². The van der Waals surface area contributed by atoms with Crippen molar-refractivity contribution in [2.45, 2.75) is 13.5 Å². The molecule has 20 heavy (non-hydrogen) atoms. The number of nitro groups is 1. The van der Waals surface area contributed by atoms with E-state index in [-0.39, 0.29) is 17.5 Å². The van der Waals surface area contributed by atoms with Crippen LogP contribution in [-0.2, 0) is 6.54 Å². The maximum Gasteiger partial charge on any atom is 0.433 e. The number of benzene rings is 1. The van der Waals surface area contributed by atoms with Gasteiger partial charge >= 0.3 is 5.88 Å². The number of nitrogens with zero attached hydrogens (tertiary/aromatic N) is 3. The molecule has 102 valence electrons. The second-order valence-corrected chi connectivity index (χ2v) is 4.21. The number of hydrogen-bond donors (Lipinski definition) is 0. The average Bonchev–Trinajstić information content (AvgIpc) is 3.01. The summed E-state index contributed by atoms with van der Waals surface area (Å²) in [4.78, 5) is 14.3. The zero-order valence-electron chi connectivity index (χ0n) is 10.5. The Morgan fingerprint density at radius 1 is 1.40 bits per heavy atom. The normalized spacial score (nSPS) is 11.1. The molecule has 0 aliphatic rings. The SMILES string of the molecule is CCn1c(-c2ccc([N+](=O)[O-])o2)nc2cc(F)ccc21. The van der Waals surface area contributed by atoms with Crippen molar-refractivity contribution in [1.29, 1.82) is 0 Å². The van der Waals surface area contributed by atoms with Crippen LogP contribution in [0.15, 0.2) is 34.7 Å². The van der Waals surface area contributed by atoms with Crippen molar-refractivity contribution >= 4 is 16.9 Å². The molecule has 3 aromatic rings. The van der Waals surface area contributed by atoms with Crippen molar-refractivity contribution in [1.82, 2.24) is 9.55 Å². The monoisotopic (exact) mass is 275 g/mol. The van der Waals surface area contributed by atoms with Gasteiger partial charge in [-0.3, -0.25) is 10.1 Å². The van der Waals surface area contributed by atoms with E-state index in [9.17, 15) is 14.5 Å². The third-order valence-corrected chi connectivity index (χ3v) is 3.02. The van der Waals surface area contributed by atoms with E-state index in [0.29, 0.717) is 17.9 Å². The third-order valence-electron chi connectivity index (χ3n) is 3.02. The van der Waals surface area contributed by atoms with Gasteiger partial charge in [0.15, 0.2) is 11.6 Å². The summed E-state index contributed by atoms with van der Waals surface area (Å²) < 4.78 is 20.2. The summed E-state index contributed by atoms with van der Waals surface area (Å²) in [6.45, 7) is 2.50. The lowest BCUT2D eigenvalue weighted by atomic mass is 10.3. The quantitative estimate of drug-likeness (QED) is 0.542. The van der Waals surface area contributed by atoms with Crippen LogP contribution >= 0.6 is 0 Å². The van der Waals surface area contributed by atoms with Crippen LogP contribution in [0.4, 0.5) is 10.3 Å². The van der Waals surface area contributed by atoms with E-state index in [1.165, 1.54) is 24.3 Å². The molecular weight excluding hydrogens is 265 g/mol. The predicted molar refractivity (Wildman–Crippen MR) is 69.7 cm³/mol. The first-order chi connectivity index (χ1) is 9.60. The molecule has 0 atom stereocenters. The summed E-state index contributed by atoms with van der Waals surface area (Å²) in [6.07, 6.45) is 0. The van der Waals surface area contributed by atoms with Gasteiger partial charge in [0, 0.05) is 12.6 Å². The minimum atomic E-state index is -0.609. The Balaban J connectivity index is 2.21. The molecular formula is C13H10FN3O3. The topological polar surface area (TPSA) is 74.1 Å².